The van der Waals surface area contributed by atoms with Gasteiger partial charge in [0.15, 0.2) is 0 Å². The van der Waals surface area contributed by atoms with Crippen LogP contribution in [-0.4, -0.2) is 4.98 Å². The SMILES string of the molecule is Cc1cc2c(c(-c3nc(C4CCCC4)cc4ccc(CC(C)C)cc34)c1)Cc1ccccc1-2. The first kappa shape index (κ1) is 20.7. The number of hydrogen-bond donors (Lipinski definition) is 0. The maximum atomic E-state index is 5.45. The summed E-state index contributed by atoms with van der Waals surface area (Å²) in [5.74, 6) is 1.26. The van der Waals surface area contributed by atoms with Crippen LogP contribution in [0.25, 0.3) is 33.2 Å². The standard InChI is InChI=1S/C32H33N/c1-20(2)14-22-12-13-25-19-31(23-8-4-5-9-23)33-32(27(25)17-22)30-16-21(3)15-28-26-11-7-6-10-24(26)18-29(28)30/h6-7,10-13,15-17,19-20,23H,4-5,8-9,14,18H2,1-3H3. The van der Waals surface area contributed by atoms with Gasteiger partial charge in [-0.2, -0.15) is 0 Å². The number of nitrogens with zero attached hydrogens (tertiary/aromatic N) is 1. The van der Waals surface area contributed by atoms with E-state index < -0.39 is 0 Å². The van der Waals surface area contributed by atoms with Crippen LogP contribution in [-0.2, 0) is 12.8 Å². The molecule has 0 unspecified atom stereocenters. The average molecular weight is 432 g/mol. The van der Waals surface area contributed by atoms with Crippen LogP contribution in [0.4, 0.5) is 0 Å². The number of hydrogen-bond acceptors (Lipinski definition) is 1. The van der Waals surface area contributed by atoms with Crippen molar-refractivity contribution in [1.82, 2.24) is 4.98 Å². The summed E-state index contributed by atoms with van der Waals surface area (Å²) in [5.41, 5.74) is 12.3. The molecule has 33 heavy (non-hydrogen) atoms. The van der Waals surface area contributed by atoms with Gasteiger partial charge in [0.25, 0.3) is 0 Å². The second-order valence-corrected chi connectivity index (χ2v) is 10.7. The number of rotatable bonds is 4. The van der Waals surface area contributed by atoms with Crippen molar-refractivity contribution in [3.63, 3.8) is 0 Å². The van der Waals surface area contributed by atoms with E-state index in [1.54, 1.807) is 0 Å². The fourth-order valence-corrected chi connectivity index (χ4v) is 6.14. The van der Waals surface area contributed by atoms with Gasteiger partial charge in [-0.1, -0.05) is 69.2 Å². The van der Waals surface area contributed by atoms with Crippen LogP contribution in [0.5, 0.6) is 0 Å². The van der Waals surface area contributed by atoms with Crippen molar-refractivity contribution in [3.8, 4) is 22.4 Å². The molecule has 0 spiro atoms. The van der Waals surface area contributed by atoms with E-state index in [1.165, 1.54) is 86.8 Å². The van der Waals surface area contributed by atoms with E-state index in [9.17, 15) is 0 Å². The highest BCUT2D eigenvalue weighted by atomic mass is 14.7. The topological polar surface area (TPSA) is 12.9 Å². The van der Waals surface area contributed by atoms with Gasteiger partial charge in [0, 0.05) is 22.6 Å². The molecule has 0 N–H and O–H groups in total. The van der Waals surface area contributed by atoms with Gasteiger partial charge >= 0.3 is 0 Å². The lowest BCUT2D eigenvalue weighted by Gasteiger charge is -2.18. The van der Waals surface area contributed by atoms with Crippen molar-refractivity contribution >= 4 is 10.8 Å². The Bertz CT molecular complexity index is 1350. The highest BCUT2D eigenvalue weighted by molar-refractivity contribution is 5.98. The van der Waals surface area contributed by atoms with Gasteiger partial charge in [0.1, 0.15) is 0 Å². The summed E-state index contributed by atoms with van der Waals surface area (Å²) in [5, 5.41) is 2.67. The fraction of sp³-hybridized carbons (Fsp3) is 0.344. The Morgan fingerprint density at radius 3 is 2.48 bits per heavy atom. The first-order valence-electron chi connectivity index (χ1n) is 12.7. The summed E-state index contributed by atoms with van der Waals surface area (Å²) in [6, 6.07) is 23.2. The van der Waals surface area contributed by atoms with E-state index in [-0.39, 0.29) is 0 Å². The predicted molar refractivity (Wildman–Crippen MR) is 140 cm³/mol. The van der Waals surface area contributed by atoms with E-state index in [1.807, 2.05) is 0 Å². The minimum Gasteiger partial charge on any atom is -0.252 e. The van der Waals surface area contributed by atoms with Crippen molar-refractivity contribution in [3.05, 3.63) is 88.6 Å². The van der Waals surface area contributed by atoms with Gasteiger partial charge in [-0.25, -0.2) is 0 Å². The smallest absolute Gasteiger partial charge is 0.0787 e. The molecule has 0 aliphatic heterocycles. The zero-order valence-electron chi connectivity index (χ0n) is 20.1. The van der Waals surface area contributed by atoms with E-state index in [0.717, 1.165) is 12.8 Å². The Kier molecular flexibility index (Phi) is 5.09. The zero-order chi connectivity index (χ0) is 22.5. The minimum atomic E-state index is 0.610. The Morgan fingerprint density at radius 1 is 0.879 bits per heavy atom. The molecule has 2 aliphatic carbocycles. The van der Waals surface area contributed by atoms with Crippen molar-refractivity contribution < 1.29 is 0 Å². The number of pyridine rings is 1. The molecule has 166 valence electrons. The van der Waals surface area contributed by atoms with Crippen LogP contribution < -0.4 is 0 Å². The average Bonchev–Trinajstić information content (AvgIpc) is 3.46. The van der Waals surface area contributed by atoms with Gasteiger partial charge in [-0.05, 0) is 95.5 Å². The largest absolute Gasteiger partial charge is 0.252 e. The van der Waals surface area contributed by atoms with E-state index in [0.29, 0.717) is 11.8 Å². The quantitative estimate of drug-likeness (QED) is 0.277. The van der Waals surface area contributed by atoms with Gasteiger partial charge < -0.3 is 0 Å². The van der Waals surface area contributed by atoms with Gasteiger partial charge in [-0.3, -0.25) is 4.98 Å². The lowest BCUT2D eigenvalue weighted by molar-refractivity contribution is 0.648. The molecule has 1 saturated carbocycles. The summed E-state index contributed by atoms with van der Waals surface area (Å²) in [4.78, 5) is 5.45. The molecule has 2 aliphatic rings. The highest BCUT2D eigenvalue weighted by Gasteiger charge is 2.25. The van der Waals surface area contributed by atoms with Crippen molar-refractivity contribution in [2.24, 2.45) is 5.92 Å². The molecule has 1 fully saturated rings. The molecule has 0 bridgehead atoms. The third kappa shape index (κ3) is 3.68. The van der Waals surface area contributed by atoms with E-state index in [2.05, 4.69) is 81.4 Å². The fourth-order valence-electron chi connectivity index (χ4n) is 6.14. The maximum Gasteiger partial charge on any atom is 0.0787 e. The second-order valence-electron chi connectivity index (χ2n) is 10.7. The molecule has 1 aromatic heterocycles. The number of aryl methyl sites for hydroxylation is 1. The van der Waals surface area contributed by atoms with E-state index in [4.69, 9.17) is 4.98 Å². The summed E-state index contributed by atoms with van der Waals surface area (Å²) in [7, 11) is 0. The third-order valence-corrected chi connectivity index (χ3v) is 7.66. The Morgan fingerprint density at radius 2 is 1.67 bits per heavy atom. The molecule has 1 nitrogen and oxygen atoms in total. The molecule has 0 radical (unpaired) electrons. The van der Waals surface area contributed by atoms with Crippen molar-refractivity contribution in [2.75, 3.05) is 0 Å². The highest BCUT2D eigenvalue weighted by Crippen LogP contribution is 2.44. The van der Waals surface area contributed by atoms with Crippen molar-refractivity contribution in [1.29, 1.82) is 0 Å². The van der Waals surface area contributed by atoms with Gasteiger partial charge in [0.2, 0.25) is 0 Å². The molecule has 1 heterocycles. The molecule has 0 atom stereocenters. The molecule has 0 saturated heterocycles. The monoisotopic (exact) mass is 431 g/mol. The Balaban J connectivity index is 1.60. The lowest BCUT2D eigenvalue weighted by atomic mass is 9.91. The van der Waals surface area contributed by atoms with Crippen LogP contribution in [0, 0.1) is 12.8 Å². The van der Waals surface area contributed by atoms with E-state index >= 15 is 0 Å². The molecule has 4 aromatic rings. The first-order valence-corrected chi connectivity index (χ1v) is 12.7. The summed E-state index contributed by atoms with van der Waals surface area (Å²) in [6.07, 6.45) is 7.34. The van der Waals surface area contributed by atoms with Crippen LogP contribution >= 0.6 is 0 Å². The van der Waals surface area contributed by atoms with Crippen LogP contribution in [0.1, 0.15) is 73.4 Å². The molecular weight excluding hydrogens is 398 g/mol. The number of aromatic nitrogens is 1. The first-order chi connectivity index (χ1) is 16.1. The maximum absolute atomic E-state index is 5.45. The summed E-state index contributed by atoms with van der Waals surface area (Å²) >= 11 is 0. The number of benzene rings is 3. The second kappa shape index (κ2) is 8.13. The predicted octanol–water partition coefficient (Wildman–Crippen LogP) is 8.64. The van der Waals surface area contributed by atoms with Gasteiger partial charge in [-0.15, -0.1) is 0 Å². The van der Waals surface area contributed by atoms with Crippen molar-refractivity contribution in [2.45, 2.75) is 65.2 Å². The molecular formula is C32H33N. The lowest BCUT2D eigenvalue weighted by Crippen LogP contribution is -2.02. The van der Waals surface area contributed by atoms with Crippen LogP contribution in [0.2, 0.25) is 0 Å². The van der Waals surface area contributed by atoms with Crippen LogP contribution in [0.15, 0.2) is 60.7 Å². The molecule has 3 aromatic carbocycles. The summed E-state index contributed by atoms with van der Waals surface area (Å²) in [6.45, 7) is 6.84. The number of fused-ring (bicyclic) bond motifs is 4. The molecule has 1 heteroatoms. The minimum absolute atomic E-state index is 0.610. The summed E-state index contributed by atoms with van der Waals surface area (Å²) < 4.78 is 0. The third-order valence-electron chi connectivity index (χ3n) is 7.66. The van der Waals surface area contributed by atoms with Crippen LogP contribution in [0.3, 0.4) is 0 Å². The Hall–Kier alpha value is -2.93. The molecule has 0 amide bonds. The molecule has 6 rings (SSSR count). The Labute approximate surface area is 197 Å². The van der Waals surface area contributed by atoms with Gasteiger partial charge in [0.05, 0.1) is 5.69 Å². The zero-order valence-corrected chi connectivity index (χ0v) is 20.1. The normalized spacial score (nSPS) is 15.4.